The number of benzene rings is 1. The average molecular weight is 482 g/mol. The number of hydroxylamine groups is 1. The Morgan fingerprint density at radius 3 is 2.46 bits per heavy atom. The van der Waals surface area contributed by atoms with Crippen LogP contribution in [0.25, 0.3) is 0 Å². The van der Waals surface area contributed by atoms with E-state index in [9.17, 15) is 4.79 Å². The van der Waals surface area contributed by atoms with Gasteiger partial charge in [-0.1, -0.05) is 80.7 Å². The molecule has 1 amide bonds. The van der Waals surface area contributed by atoms with Gasteiger partial charge in [0, 0.05) is 11.5 Å². The molecule has 0 spiro atoms. The first kappa shape index (κ1) is 29.1. The van der Waals surface area contributed by atoms with Crippen molar-refractivity contribution in [2.45, 2.75) is 96.8 Å². The van der Waals surface area contributed by atoms with E-state index in [4.69, 9.17) is 9.57 Å². The van der Waals surface area contributed by atoms with Gasteiger partial charge in [-0.25, -0.2) is 5.48 Å². The second-order valence-electron chi connectivity index (χ2n) is 9.61. The van der Waals surface area contributed by atoms with E-state index in [-0.39, 0.29) is 11.8 Å². The minimum absolute atomic E-state index is 0.0178. The summed E-state index contributed by atoms with van der Waals surface area (Å²) in [7, 11) is 1.49. The van der Waals surface area contributed by atoms with Crippen LogP contribution in [0.4, 0.5) is 0 Å². The number of carbonyl (C=O) groups excluding carboxylic acids is 1. The Morgan fingerprint density at radius 2 is 1.83 bits per heavy atom. The topological polar surface area (TPSA) is 47.6 Å². The molecule has 4 nitrogen and oxygen atoms in total. The van der Waals surface area contributed by atoms with E-state index in [1.165, 1.54) is 63.2 Å². The molecule has 1 atom stereocenters. The monoisotopic (exact) mass is 481 g/mol. The van der Waals surface area contributed by atoms with Crippen molar-refractivity contribution in [1.82, 2.24) is 5.48 Å². The minimum Gasteiger partial charge on any atom is -0.376 e. The molecule has 0 radical (unpaired) electrons. The third-order valence-electron chi connectivity index (χ3n) is 6.78. The van der Waals surface area contributed by atoms with Gasteiger partial charge in [0.25, 0.3) is 5.91 Å². The van der Waals surface area contributed by atoms with Crippen LogP contribution >= 0.6 is 0 Å². The fourth-order valence-corrected chi connectivity index (χ4v) is 4.87. The highest BCUT2D eigenvalue weighted by Gasteiger charge is 2.22. The third kappa shape index (κ3) is 10.1. The average Bonchev–Trinajstić information content (AvgIpc) is 2.88. The zero-order valence-corrected chi connectivity index (χ0v) is 22.4. The summed E-state index contributed by atoms with van der Waals surface area (Å²) in [6, 6.07) is 6.24. The van der Waals surface area contributed by atoms with Gasteiger partial charge in [0.2, 0.25) is 0 Å². The lowest BCUT2D eigenvalue weighted by atomic mass is 9.85. The van der Waals surface area contributed by atoms with Gasteiger partial charge in [0.1, 0.15) is 0 Å². The Kier molecular flexibility index (Phi) is 14.4. The van der Waals surface area contributed by atoms with Crippen LogP contribution in [-0.2, 0) is 16.0 Å². The quantitative estimate of drug-likeness (QED) is 0.148. The maximum atomic E-state index is 13.3. The van der Waals surface area contributed by atoms with E-state index in [0.717, 1.165) is 48.8 Å². The molecule has 1 fully saturated rings. The van der Waals surface area contributed by atoms with Crippen molar-refractivity contribution in [3.05, 3.63) is 70.8 Å². The summed E-state index contributed by atoms with van der Waals surface area (Å²) in [6.07, 6.45) is 20.4. The van der Waals surface area contributed by atoms with Crippen molar-refractivity contribution in [2.24, 2.45) is 0 Å². The standard InChI is InChI=1S/C31H47NO3/c1-5-8-14-25(15-9-6-2)20-21-27-18-13-19-29(30(27)31(33)32-34-4)28(24-35-22-7-3)23-26-16-11-10-12-17-26/h7,13,18-20,23,28H,3,5-6,8-12,14-17,21-22,24H2,1-2,4H3,(H,32,33). The normalized spacial score (nSPS) is 14.3. The highest BCUT2D eigenvalue weighted by Crippen LogP contribution is 2.31. The number of ether oxygens (including phenoxy) is 1. The van der Waals surface area contributed by atoms with Crippen molar-refractivity contribution in [3.8, 4) is 0 Å². The van der Waals surface area contributed by atoms with Crippen LogP contribution in [-0.4, -0.2) is 26.2 Å². The van der Waals surface area contributed by atoms with Crippen molar-refractivity contribution >= 4 is 5.91 Å². The van der Waals surface area contributed by atoms with Crippen LogP contribution in [0.5, 0.6) is 0 Å². The van der Waals surface area contributed by atoms with Crippen LogP contribution in [0.2, 0.25) is 0 Å². The Morgan fingerprint density at radius 1 is 1.11 bits per heavy atom. The van der Waals surface area contributed by atoms with Crippen LogP contribution in [0.1, 0.15) is 112 Å². The highest BCUT2D eigenvalue weighted by atomic mass is 16.6. The molecule has 1 N–H and O–H groups in total. The van der Waals surface area contributed by atoms with Gasteiger partial charge in [-0.05, 0) is 68.9 Å². The van der Waals surface area contributed by atoms with Gasteiger partial charge in [0.05, 0.1) is 20.3 Å². The molecule has 0 bridgehead atoms. The fourth-order valence-electron chi connectivity index (χ4n) is 4.87. The van der Waals surface area contributed by atoms with Crippen molar-refractivity contribution < 1.29 is 14.4 Å². The predicted octanol–water partition coefficient (Wildman–Crippen LogP) is 8.00. The lowest BCUT2D eigenvalue weighted by molar-refractivity contribution is 0.0535. The molecule has 1 unspecified atom stereocenters. The number of unbranched alkanes of at least 4 members (excludes halogenated alkanes) is 2. The number of carbonyl (C=O) groups is 1. The Hall–Kier alpha value is -2.17. The summed E-state index contributed by atoms with van der Waals surface area (Å²) < 4.78 is 5.92. The summed E-state index contributed by atoms with van der Waals surface area (Å²) in [6.45, 7) is 9.29. The molecule has 194 valence electrons. The van der Waals surface area contributed by atoms with E-state index in [2.05, 4.69) is 56.3 Å². The predicted molar refractivity (Wildman–Crippen MR) is 147 cm³/mol. The van der Waals surface area contributed by atoms with Crippen molar-refractivity contribution in [3.63, 3.8) is 0 Å². The first-order valence-corrected chi connectivity index (χ1v) is 13.7. The fraction of sp³-hybridized carbons (Fsp3) is 0.581. The summed E-state index contributed by atoms with van der Waals surface area (Å²) in [5.74, 6) is -0.171. The molecule has 1 aromatic carbocycles. The van der Waals surface area contributed by atoms with Gasteiger partial charge in [0.15, 0.2) is 0 Å². The zero-order chi connectivity index (χ0) is 25.3. The van der Waals surface area contributed by atoms with E-state index < -0.39 is 0 Å². The molecule has 1 saturated carbocycles. The number of allylic oxidation sites excluding steroid dienone is 3. The van der Waals surface area contributed by atoms with Gasteiger partial charge in [-0.15, -0.1) is 6.58 Å². The van der Waals surface area contributed by atoms with E-state index >= 15 is 0 Å². The summed E-state index contributed by atoms with van der Waals surface area (Å²) in [4.78, 5) is 18.3. The molecule has 0 aliphatic heterocycles. The van der Waals surface area contributed by atoms with Crippen molar-refractivity contribution in [2.75, 3.05) is 20.3 Å². The highest BCUT2D eigenvalue weighted by molar-refractivity contribution is 5.97. The van der Waals surface area contributed by atoms with Crippen molar-refractivity contribution in [1.29, 1.82) is 0 Å². The largest absolute Gasteiger partial charge is 0.376 e. The van der Waals surface area contributed by atoms with Crippen LogP contribution in [0, 0.1) is 0 Å². The van der Waals surface area contributed by atoms with Crippen LogP contribution < -0.4 is 5.48 Å². The number of amides is 1. The number of rotatable bonds is 16. The second-order valence-corrected chi connectivity index (χ2v) is 9.61. The summed E-state index contributed by atoms with van der Waals surface area (Å²) in [5, 5.41) is 0. The maximum Gasteiger partial charge on any atom is 0.275 e. The molecular weight excluding hydrogens is 434 g/mol. The second kappa shape index (κ2) is 17.3. The minimum atomic E-state index is -0.189. The van der Waals surface area contributed by atoms with Gasteiger partial charge >= 0.3 is 0 Å². The first-order chi connectivity index (χ1) is 17.1. The lowest BCUT2D eigenvalue weighted by Gasteiger charge is -2.22. The Bertz CT molecular complexity index is 822. The maximum absolute atomic E-state index is 13.3. The number of hydrogen-bond donors (Lipinski definition) is 1. The lowest BCUT2D eigenvalue weighted by Crippen LogP contribution is -2.26. The number of hydrogen-bond acceptors (Lipinski definition) is 3. The molecule has 1 aliphatic carbocycles. The Balaban J connectivity index is 2.45. The Labute approximate surface area is 213 Å². The molecular formula is C31H47NO3. The molecule has 1 aromatic rings. The smallest absolute Gasteiger partial charge is 0.275 e. The molecule has 0 heterocycles. The molecule has 35 heavy (non-hydrogen) atoms. The van der Waals surface area contributed by atoms with E-state index in [1.807, 2.05) is 0 Å². The van der Waals surface area contributed by atoms with E-state index in [0.29, 0.717) is 13.2 Å². The van der Waals surface area contributed by atoms with Gasteiger partial charge in [-0.3, -0.25) is 9.63 Å². The SMILES string of the molecule is C=CCOCC(C=C1CCCCC1)c1cccc(CC=C(CCCC)CCCC)c1C(=O)NOC. The van der Waals surface area contributed by atoms with E-state index in [1.54, 1.807) is 6.08 Å². The molecule has 0 aromatic heterocycles. The molecule has 2 rings (SSSR count). The number of nitrogens with one attached hydrogen (secondary N) is 1. The summed E-state index contributed by atoms with van der Waals surface area (Å²) in [5.41, 5.74) is 8.34. The molecule has 1 aliphatic rings. The van der Waals surface area contributed by atoms with Crippen LogP contribution in [0.3, 0.4) is 0 Å². The summed E-state index contributed by atoms with van der Waals surface area (Å²) >= 11 is 0. The van der Waals surface area contributed by atoms with Gasteiger partial charge < -0.3 is 4.74 Å². The molecule has 0 saturated heterocycles. The third-order valence-corrected chi connectivity index (χ3v) is 6.78. The zero-order valence-electron chi connectivity index (χ0n) is 22.4. The van der Waals surface area contributed by atoms with Gasteiger partial charge in [-0.2, -0.15) is 0 Å². The van der Waals surface area contributed by atoms with Crippen LogP contribution in [0.15, 0.2) is 54.2 Å². The molecule has 4 heteroatoms. The first-order valence-electron chi connectivity index (χ1n) is 13.7.